The van der Waals surface area contributed by atoms with Gasteiger partial charge in [-0.25, -0.2) is 4.39 Å². The Morgan fingerprint density at radius 1 is 1.07 bits per heavy atom. The predicted octanol–water partition coefficient (Wildman–Crippen LogP) is 4.09. The van der Waals surface area contributed by atoms with E-state index in [9.17, 15) is 4.39 Å². The first kappa shape index (κ1) is 22.3. The van der Waals surface area contributed by atoms with E-state index in [0.29, 0.717) is 19.0 Å². The second-order valence-electron chi connectivity index (χ2n) is 7.57. The highest BCUT2D eigenvalue weighted by molar-refractivity contribution is 14.0. The largest absolute Gasteiger partial charge is 0.356 e. The number of nitrogens with zero attached hydrogens (tertiary/aromatic N) is 3. The van der Waals surface area contributed by atoms with E-state index in [0.717, 1.165) is 30.5 Å². The molecule has 2 N–H and O–H groups in total. The first-order chi connectivity index (χ1) is 14.2. The van der Waals surface area contributed by atoms with Crippen LogP contribution in [0.4, 0.5) is 4.39 Å². The minimum Gasteiger partial charge on any atom is -0.356 e. The van der Waals surface area contributed by atoms with Gasteiger partial charge in [-0.1, -0.05) is 48.5 Å². The maximum Gasteiger partial charge on any atom is 0.191 e. The monoisotopic (exact) mass is 519 g/mol. The molecule has 2 aromatic carbocycles. The molecule has 1 aromatic heterocycles. The highest BCUT2D eigenvalue weighted by atomic mass is 127. The number of guanidine groups is 1. The number of aliphatic imine (C=N–C) groups is 1. The van der Waals surface area contributed by atoms with Gasteiger partial charge in [-0.15, -0.1) is 24.0 Å². The van der Waals surface area contributed by atoms with Crippen LogP contribution in [0.1, 0.15) is 29.5 Å². The van der Waals surface area contributed by atoms with Crippen LogP contribution in [0.5, 0.6) is 0 Å². The van der Waals surface area contributed by atoms with Crippen LogP contribution in [0, 0.1) is 5.82 Å². The Bertz CT molecular complexity index is 982. The van der Waals surface area contributed by atoms with Gasteiger partial charge in [0, 0.05) is 37.3 Å². The summed E-state index contributed by atoms with van der Waals surface area (Å²) in [6, 6.07) is 17.3. The zero-order chi connectivity index (χ0) is 20.1. The first-order valence-electron chi connectivity index (χ1n) is 9.93. The van der Waals surface area contributed by atoms with Crippen LogP contribution in [-0.2, 0) is 18.5 Å². The van der Waals surface area contributed by atoms with E-state index in [1.807, 2.05) is 47.4 Å². The molecule has 0 unspecified atom stereocenters. The number of nitrogens with one attached hydrogen (secondary N) is 2. The molecule has 0 bridgehead atoms. The third-order valence-corrected chi connectivity index (χ3v) is 5.45. The lowest BCUT2D eigenvalue weighted by Gasteiger charge is -2.19. The van der Waals surface area contributed by atoms with Gasteiger partial charge < -0.3 is 10.6 Å². The standard InChI is InChI=1S/C23H26FN5.HI/c1-25-22(27-17-23(11-12-23)20-9-5-6-10-21(20)24)26-13-19-14-28-29(16-19)15-18-7-3-2-4-8-18;/h2-10,14,16H,11-13,15,17H2,1H3,(H2,25,26,27);1H. The summed E-state index contributed by atoms with van der Waals surface area (Å²) in [5, 5.41) is 11.1. The van der Waals surface area contributed by atoms with Gasteiger partial charge in [0.2, 0.25) is 0 Å². The number of aromatic nitrogens is 2. The number of benzene rings is 2. The summed E-state index contributed by atoms with van der Waals surface area (Å²) < 4.78 is 16.1. The fourth-order valence-corrected chi connectivity index (χ4v) is 3.60. The van der Waals surface area contributed by atoms with Gasteiger partial charge in [-0.05, 0) is 30.0 Å². The van der Waals surface area contributed by atoms with Crippen molar-refractivity contribution in [3.8, 4) is 0 Å². The second-order valence-corrected chi connectivity index (χ2v) is 7.57. The molecule has 0 aliphatic heterocycles. The van der Waals surface area contributed by atoms with Crippen molar-refractivity contribution >= 4 is 29.9 Å². The zero-order valence-electron chi connectivity index (χ0n) is 17.0. The smallest absolute Gasteiger partial charge is 0.191 e. The number of rotatable bonds is 7. The van der Waals surface area contributed by atoms with Crippen molar-refractivity contribution in [2.45, 2.75) is 31.3 Å². The van der Waals surface area contributed by atoms with Crippen molar-refractivity contribution < 1.29 is 4.39 Å². The highest BCUT2D eigenvalue weighted by Crippen LogP contribution is 2.48. The minimum absolute atomic E-state index is 0. The lowest BCUT2D eigenvalue weighted by Crippen LogP contribution is -2.41. The van der Waals surface area contributed by atoms with E-state index in [4.69, 9.17) is 0 Å². The summed E-state index contributed by atoms with van der Waals surface area (Å²) in [5.74, 6) is 0.587. The summed E-state index contributed by atoms with van der Waals surface area (Å²) in [7, 11) is 1.75. The molecule has 1 fully saturated rings. The Morgan fingerprint density at radius 2 is 1.80 bits per heavy atom. The molecular formula is C23H27FIN5. The number of hydrogen-bond donors (Lipinski definition) is 2. The van der Waals surface area contributed by atoms with Gasteiger partial charge in [0.25, 0.3) is 0 Å². The molecule has 0 radical (unpaired) electrons. The Hall–Kier alpha value is -2.42. The van der Waals surface area contributed by atoms with Crippen molar-refractivity contribution in [2.75, 3.05) is 13.6 Å². The Balaban J connectivity index is 0.00000256. The number of halogens is 2. The van der Waals surface area contributed by atoms with Crippen molar-refractivity contribution in [2.24, 2.45) is 4.99 Å². The van der Waals surface area contributed by atoms with Gasteiger partial charge in [-0.3, -0.25) is 9.67 Å². The van der Waals surface area contributed by atoms with E-state index in [1.54, 1.807) is 13.1 Å². The lowest BCUT2D eigenvalue weighted by molar-refractivity contribution is 0.559. The Kier molecular flexibility index (Phi) is 7.47. The van der Waals surface area contributed by atoms with Crippen molar-refractivity contribution in [1.82, 2.24) is 20.4 Å². The summed E-state index contributed by atoms with van der Waals surface area (Å²) in [4.78, 5) is 4.30. The van der Waals surface area contributed by atoms with Gasteiger partial charge in [0.05, 0.1) is 12.7 Å². The molecule has 5 nitrogen and oxygen atoms in total. The van der Waals surface area contributed by atoms with E-state index in [2.05, 4.69) is 32.9 Å². The van der Waals surface area contributed by atoms with Gasteiger partial charge in [0.15, 0.2) is 5.96 Å². The zero-order valence-corrected chi connectivity index (χ0v) is 19.3. The van der Waals surface area contributed by atoms with Gasteiger partial charge in [-0.2, -0.15) is 5.10 Å². The Labute approximate surface area is 193 Å². The average molecular weight is 519 g/mol. The Morgan fingerprint density at radius 3 is 2.50 bits per heavy atom. The molecule has 0 spiro atoms. The molecule has 0 atom stereocenters. The fourth-order valence-electron chi connectivity index (χ4n) is 3.60. The van der Waals surface area contributed by atoms with Crippen LogP contribution in [0.25, 0.3) is 0 Å². The third kappa shape index (κ3) is 5.38. The average Bonchev–Trinajstić information content (AvgIpc) is 3.40. The van der Waals surface area contributed by atoms with Crippen LogP contribution in [-0.4, -0.2) is 29.3 Å². The molecule has 30 heavy (non-hydrogen) atoms. The topological polar surface area (TPSA) is 54.2 Å². The van der Waals surface area contributed by atoms with Crippen LogP contribution >= 0.6 is 24.0 Å². The van der Waals surface area contributed by atoms with E-state index in [-0.39, 0.29) is 35.2 Å². The van der Waals surface area contributed by atoms with Crippen LogP contribution in [0.15, 0.2) is 72.0 Å². The maximum absolute atomic E-state index is 14.2. The van der Waals surface area contributed by atoms with Crippen LogP contribution in [0.3, 0.4) is 0 Å². The predicted molar refractivity (Wildman–Crippen MR) is 129 cm³/mol. The number of hydrogen-bond acceptors (Lipinski definition) is 2. The molecule has 1 heterocycles. The van der Waals surface area contributed by atoms with Gasteiger partial charge in [0.1, 0.15) is 5.82 Å². The van der Waals surface area contributed by atoms with Crippen LogP contribution < -0.4 is 10.6 Å². The van der Waals surface area contributed by atoms with Gasteiger partial charge >= 0.3 is 0 Å². The van der Waals surface area contributed by atoms with Crippen molar-refractivity contribution in [3.63, 3.8) is 0 Å². The van der Waals surface area contributed by atoms with E-state index >= 15 is 0 Å². The van der Waals surface area contributed by atoms with Crippen LogP contribution in [0.2, 0.25) is 0 Å². The molecule has 158 valence electrons. The molecular weight excluding hydrogens is 492 g/mol. The summed E-state index contributed by atoms with van der Waals surface area (Å²) in [5.41, 5.74) is 2.98. The normalized spacial score (nSPS) is 14.7. The van der Waals surface area contributed by atoms with Crippen molar-refractivity contribution in [1.29, 1.82) is 0 Å². The molecule has 4 rings (SSSR count). The molecule has 3 aromatic rings. The minimum atomic E-state index is -0.124. The highest BCUT2D eigenvalue weighted by Gasteiger charge is 2.45. The quantitative estimate of drug-likeness (QED) is 0.281. The summed E-state index contributed by atoms with van der Waals surface area (Å²) in [6.45, 7) is 2.04. The fraction of sp³-hybridized carbons (Fsp3) is 0.304. The summed E-state index contributed by atoms with van der Waals surface area (Å²) >= 11 is 0. The molecule has 1 aliphatic rings. The van der Waals surface area contributed by atoms with E-state index < -0.39 is 0 Å². The molecule has 1 saturated carbocycles. The molecule has 7 heteroatoms. The SMILES string of the molecule is CN=C(NCc1cnn(Cc2ccccc2)c1)NCC1(c2ccccc2F)CC1.I. The third-order valence-electron chi connectivity index (χ3n) is 5.45. The lowest BCUT2D eigenvalue weighted by atomic mass is 9.95. The van der Waals surface area contributed by atoms with E-state index in [1.165, 1.54) is 11.6 Å². The first-order valence-corrected chi connectivity index (χ1v) is 9.93. The molecule has 0 saturated heterocycles. The van der Waals surface area contributed by atoms with Crippen molar-refractivity contribution in [3.05, 3.63) is 89.5 Å². The summed E-state index contributed by atoms with van der Waals surface area (Å²) in [6.07, 6.45) is 5.88. The molecule has 0 amide bonds. The molecule has 1 aliphatic carbocycles. The second kappa shape index (κ2) is 10.1. The maximum atomic E-state index is 14.2.